The highest BCUT2D eigenvalue weighted by molar-refractivity contribution is 7.92. The van der Waals surface area contributed by atoms with E-state index in [1.807, 2.05) is 0 Å². The number of phenols is 1. The first-order valence-corrected chi connectivity index (χ1v) is 11.9. The van der Waals surface area contributed by atoms with Gasteiger partial charge in [-0.1, -0.05) is 12.2 Å². The summed E-state index contributed by atoms with van der Waals surface area (Å²) in [5.41, 5.74) is 0.821. The highest BCUT2D eigenvalue weighted by Crippen LogP contribution is 2.40. The zero-order chi connectivity index (χ0) is 26.5. The number of nitrogens with one attached hydrogen (secondary N) is 1. The largest absolute Gasteiger partial charge is 0.504 e. The third-order valence-corrected chi connectivity index (χ3v) is 6.53. The lowest BCUT2D eigenvalue weighted by atomic mass is 10.1. The summed E-state index contributed by atoms with van der Waals surface area (Å²) in [5, 5.41) is 10.0. The van der Waals surface area contributed by atoms with Crippen molar-refractivity contribution in [3.05, 3.63) is 59.4 Å². The number of ether oxygens (including phenoxy) is 5. The molecule has 0 bridgehead atoms. The molecule has 0 saturated heterocycles. The summed E-state index contributed by atoms with van der Waals surface area (Å²) < 4.78 is 69.2. The highest BCUT2D eigenvalue weighted by atomic mass is 32.2. The fourth-order valence-electron chi connectivity index (χ4n) is 3.43. The molecule has 3 aromatic rings. The molecule has 11 heteroatoms. The first-order chi connectivity index (χ1) is 17.2. The van der Waals surface area contributed by atoms with Gasteiger partial charge < -0.3 is 28.8 Å². The molecule has 0 saturated carbocycles. The molecular weight excluding hydrogens is 493 g/mol. The summed E-state index contributed by atoms with van der Waals surface area (Å²) in [5.74, 6) is -0.0694. The van der Waals surface area contributed by atoms with E-state index in [9.17, 15) is 17.9 Å². The molecule has 2 N–H and O–H groups in total. The van der Waals surface area contributed by atoms with E-state index in [1.165, 1.54) is 53.7 Å². The van der Waals surface area contributed by atoms with Crippen LogP contribution in [0.3, 0.4) is 0 Å². The van der Waals surface area contributed by atoms with E-state index in [4.69, 9.17) is 23.7 Å². The van der Waals surface area contributed by atoms with Gasteiger partial charge in [0, 0.05) is 11.6 Å². The van der Waals surface area contributed by atoms with Crippen LogP contribution in [0.5, 0.6) is 34.5 Å². The average Bonchev–Trinajstić information content (AvgIpc) is 2.87. The Morgan fingerprint density at radius 2 is 1.39 bits per heavy atom. The third kappa shape index (κ3) is 5.41. The normalized spacial score (nSPS) is 11.3. The zero-order valence-corrected chi connectivity index (χ0v) is 21.1. The van der Waals surface area contributed by atoms with Crippen LogP contribution in [0, 0.1) is 5.82 Å². The number of sulfonamides is 1. The molecule has 0 heterocycles. The predicted molar refractivity (Wildman–Crippen MR) is 133 cm³/mol. The molecule has 192 valence electrons. The number of hydrogen-bond donors (Lipinski definition) is 2. The highest BCUT2D eigenvalue weighted by Gasteiger charge is 2.22. The molecule has 0 atom stereocenters. The molecule has 0 spiro atoms. The minimum Gasteiger partial charge on any atom is -0.504 e. The second kappa shape index (κ2) is 11.1. The van der Waals surface area contributed by atoms with E-state index >= 15 is 0 Å². The molecule has 0 fully saturated rings. The fourth-order valence-corrected chi connectivity index (χ4v) is 4.54. The molecular formula is C25H26FNO8S. The Balaban J connectivity index is 2.07. The second-order valence-corrected chi connectivity index (χ2v) is 8.96. The van der Waals surface area contributed by atoms with Gasteiger partial charge in [-0.15, -0.1) is 0 Å². The third-order valence-electron chi connectivity index (χ3n) is 5.19. The maximum Gasteiger partial charge on any atom is 0.262 e. The van der Waals surface area contributed by atoms with Gasteiger partial charge in [0.05, 0.1) is 40.4 Å². The molecule has 0 aliphatic rings. The SMILES string of the molecule is COc1ccc(S(=O)(=O)Nc2c(C=Cc3cc(OC)c(OC)c(OC)c3)ccc(F)c2OC)cc1O. The van der Waals surface area contributed by atoms with Crippen LogP contribution in [0.1, 0.15) is 11.1 Å². The van der Waals surface area contributed by atoms with Crippen molar-refractivity contribution in [1.82, 2.24) is 0 Å². The lowest BCUT2D eigenvalue weighted by molar-refractivity contribution is 0.324. The van der Waals surface area contributed by atoms with Crippen molar-refractivity contribution in [2.24, 2.45) is 0 Å². The average molecular weight is 520 g/mol. The number of rotatable bonds is 10. The first-order valence-electron chi connectivity index (χ1n) is 10.4. The Labute approximate surface area is 208 Å². The van der Waals surface area contributed by atoms with E-state index in [2.05, 4.69) is 4.72 Å². The van der Waals surface area contributed by atoms with Crippen molar-refractivity contribution < 1.29 is 41.6 Å². The maximum absolute atomic E-state index is 14.5. The Bertz CT molecular complexity index is 1360. The van der Waals surface area contributed by atoms with Gasteiger partial charge in [0.15, 0.2) is 34.6 Å². The molecule has 0 aliphatic carbocycles. The fraction of sp³-hybridized carbons (Fsp3) is 0.200. The smallest absolute Gasteiger partial charge is 0.262 e. The van der Waals surface area contributed by atoms with E-state index in [0.29, 0.717) is 28.4 Å². The van der Waals surface area contributed by atoms with Crippen LogP contribution in [0.4, 0.5) is 10.1 Å². The molecule has 0 amide bonds. The summed E-state index contributed by atoms with van der Waals surface area (Å²) in [6.45, 7) is 0. The number of anilines is 1. The Morgan fingerprint density at radius 1 is 0.778 bits per heavy atom. The molecule has 0 aliphatic heterocycles. The van der Waals surface area contributed by atoms with Crippen molar-refractivity contribution in [2.75, 3.05) is 40.3 Å². The minimum absolute atomic E-state index is 0.103. The van der Waals surface area contributed by atoms with E-state index in [0.717, 1.165) is 12.1 Å². The quantitative estimate of drug-likeness (QED) is 0.376. The van der Waals surface area contributed by atoms with Crippen molar-refractivity contribution in [3.8, 4) is 34.5 Å². The molecule has 0 radical (unpaired) electrons. The van der Waals surface area contributed by atoms with Crippen molar-refractivity contribution in [3.63, 3.8) is 0 Å². The lowest BCUT2D eigenvalue weighted by Crippen LogP contribution is -2.15. The van der Waals surface area contributed by atoms with Gasteiger partial charge in [-0.05, 0) is 42.0 Å². The Hall–Kier alpha value is -4.12. The van der Waals surface area contributed by atoms with Crippen LogP contribution >= 0.6 is 0 Å². The maximum atomic E-state index is 14.5. The van der Waals surface area contributed by atoms with Gasteiger partial charge in [0.1, 0.15) is 5.69 Å². The van der Waals surface area contributed by atoms with E-state index < -0.39 is 15.8 Å². The van der Waals surface area contributed by atoms with Gasteiger partial charge in [-0.3, -0.25) is 4.72 Å². The number of phenolic OH excluding ortho intramolecular Hbond substituents is 1. The van der Waals surface area contributed by atoms with E-state index in [-0.39, 0.29) is 27.8 Å². The van der Waals surface area contributed by atoms with Crippen LogP contribution in [0.2, 0.25) is 0 Å². The molecule has 0 unspecified atom stereocenters. The number of halogens is 1. The summed E-state index contributed by atoms with van der Waals surface area (Å²) in [6.07, 6.45) is 3.24. The summed E-state index contributed by atoms with van der Waals surface area (Å²) >= 11 is 0. The number of methoxy groups -OCH3 is 5. The molecule has 0 aromatic heterocycles. The molecule has 36 heavy (non-hydrogen) atoms. The van der Waals surface area contributed by atoms with Gasteiger partial charge >= 0.3 is 0 Å². The van der Waals surface area contributed by atoms with Crippen molar-refractivity contribution >= 4 is 27.9 Å². The zero-order valence-electron chi connectivity index (χ0n) is 20.3. The molecule has 3 rings (SSSR count). The lowest BCUT2D eigenvalue weighted by Gasteiger charge is -2.16. The Morgan fingerprint density at radius 3 is 1.92 bits per heavy atom. The van der Waals surface area contributed by atoms with Crippen LogP contribution < -0.4 is 28.4 Å². The predicted octanol–water partition coefficient (Wildman–Crippen LogP) is 4.55. The van der Waals surface area contributed by atoms with E-state index in [1.54, 1.807) is 24.3 Å². The molecule has 3 aromatic carbocycles. The summed E-state index contributed by atoms with van der Waals surface area (Å²) in [6, 6.07) is 9.53. The topological polar surface area (TPSA) is 113 Å². The van der Waals surface area contributed by atoms with Gasteiger partial charge in [-0.2, -0.15) is 0 Å². The number of aromatic hydroxyl groups is 1. The first kappa shape index (κ1) is 26.5. The standard InChI is InChI=1S/C25H26FNO8S/c1-31-20-11-9-17(14-19(20)28)36(29,30)27-23-16(8-10-18(26)24(23)34-4)7-6-15-12-21(32-2)25(35-5)22(13-15)33-3/h6-14,27-28H,1-5H3. The minimum atomic E-state index is -4.25. The van der Waals surface area contributed by atoms with Gasteiger partial charge in [0.25, 0.3) is 10.0 Å². The van der Waals surface area contributed by atoms with Crippen molar-refractivity contribution in [2.45, 2.75) is 4.90 Å². The van der Waals surface area contributed by atoms with Crippen LogP contribution in [-0.2, 0) is 10.0 Å². The Kier molecular flexibility index (Phi) is 8.15. The summed E-state index contributed by atoms with van der Waals surface area (Å²) in [4.78, 5) is -0.258. The number of hydrogen-bond acceptors (Lipinski definition) is 8. The van der Waals surface area contributed by atoms with Crippen LogP contribution in [0.25, 0.3) is 12.2 Å². The second-order valence-electron chi connectivity index (χ2n) is 7.28. The van der Waals surface area contributed by atoms with Gasteiger partial charge in [0.2, 0.25) is 5.75 Å². The molecule has 9 nitrogen and oxygen atoms in total. The number of benzene rings is 3. The summed E-state index contributed by atoms with van der Waals surface area (Å²) in [7, 11) is 2.77. The monoisotopic (exact) mass is 519 g/mol. The van der Waals surface area contributed by atoms with Crippen LogP contribution in [-0.4, -0.2) is 49.1 Å². The van der Waals surface area contributed by atoms with Crippen molar-refractivity contribution in [1.29, 1.82) is 0 Å². The van der Waals surface area contributed by atoms with Crippen LogP contribution in [0.15, 0.2) is 47.4 Å². The van der Waals surface area contributed by atoms with Gasteiger partial charge in [-0.25, -0.2) is 12.8 Å².